The molecule has 1 amide bonds. The summed E-state index contributed by atoms with van der Waals surface area (Å²) in [7, 11) is 0. The molecule has 0 bridgehead atoms. The zero-order valence-corrected chi connectivity index (χ0v) is 58.2. The van der Waals surface area contributed by atoms with Gasteiger partial charge in [-0.1, -0.05) is 25.1 Å². The molecule has 0 spiro atoms. The number of carbonyl (C=O) groups is 13. The highest BCUT2D eigenvalue weighted by atomic mass is 32.2. The summed E-state index contributed by atoms with van der Waals surface area (Å²) in [5, 5.41) is 15.2. The number of carbonyl (C=O) groups excluding carboxylic acids is 13. The van der Waals surface area contributed by atoms with E-state index in [-0.39, 0.29) is 11.3 Å². The van der Waals surface area contributed by atoms with Gasteiger partial charge in [0.05, 0.1) is 17.8 Å². The Morgan fingerprint density at radius 2 is 0.740 bits per heavy atom. The zero-order chi connectivity index (χ0) is 74.1. The van der Waals surface area contributed by atoms with Crippen LogP contribution < -0.4 is 5.32 Å². The van der Waals surface area contributed by atoms with Crippen LogP contribution in [0.4, 0.5) is 0 Å². The fraction of sp³-hybridized carbons (Fsp3) is 0.698. The van der Waals surface area contributed by atoms with Crippen LogP contribution in [0.25, 0.3) is 0 Å². The first kappa shape index (κ1) is 81.2. The third kappa shape index (κ3) is 22.6. The van der Waals surface area contributed by atoms with E-state index >= 15 is 0 Å². The number of hydrogen-bond acceptors (Lipinski definition) is 36. The van der Waals surface area contributed by atoms with E-state index in [2.05, 4.69) is 5.32 Å². The van der Waals surface area contributed by atoms with Gasteiger partial charge in [0.15, 0.2) is 86.2 Å². The summed E-state index contributed by atoms with van der Waals surface area (Å²) in [5.41, 5.74) is -1.25. The number of esters is 12. The van der Waals surface area contributed by atoms with E-state index in [1.54, 1.807) is 25.1 Å². The van der Waals surface area contributed by atoms with Gasteiger partial charge in [0.25, 0.3) is 0 Å². The fourth-order valence-corrected chi connectivity index (χ4v) is 12.5. The summed E-state index contributed by atoms with van der Waals surface area (Å²) < 4.78 is 128. The Kier molecular flexibility index (Phi) is 30.3. The molecule has 0 radical (unpaired) electrons. The van der Waals surface area contributed by atoms with Crippen LogP contribution in [-0.2, 0) is 157 Å². The minimum atomic E-state index is -2.31. The van der Waals surface area contributed by atoms with Crippen LogP contribution in [0.5, 0.6) is 0 Å². The van der Waals surface area contributed by atoms with Gasteiger partial charge in [0.2, 0.25) is 5.91 Å². The molecule has 100 heavy (non-hydrogen) atoms. The Labute approximate surface area is 577 Å². The van der Waals surface area contributed by atoms with Crippen molar-refractivity contribution < 1.29 is 167 Å². The zero-order valence-electron chi connectivity index (χ0n) is 57.4. The Morgan fingerprint density at radius 3 is 1.17 bits per heavy atom. The Balaban J connectivity index is 1.68. The van der Waals surface area contributed by atoms with Gasteiger partial charge in [0.1, 0.15) is 74.0 Å². The normalized spacial score (nSPS) is 34.0. The van der Waals surface area contributed by atoms with Crippen LogP contribution in [0.15, 0.2) is 30.3 Å². The predicted octanol–water partition coefficient (Wildman–Crippen LogP) is 0.179. The van der Waals surface area contributed by atoms with Crippen LogP contribution in [0, 0.1) is 0 Å². The molecule has 2 N–H and O–H groups in total. The van der Waals surface area contributed by atoms with Gasteiger partial charge >= 0.3 is 71.6 Å². The molecule has 6 rings (SSSR count). The lowest BCUT2D eigenvalue weighted by molar-refractivity contribution is -0.396. The molecular weight excluding hydrogens is 1360 g/mol. The van der Waals surface area contributed by atoms with Gasteiger partial charge in [0, 0.05) is 83.1 Å². The molecule has 5 fully saturated rings. The molecule has 36 nitrogen and oxygen atoms in total. The van der Waals surface area contributed by atoms with Gasteiger partial charge in [-0.2, -0.15) is 0 Å². The maximum Gasteiger partial charge on any atom is 0.338 e. The molecule has 5 aliphatic rings. The van der Waals surface area contributed by atoms with E-state index < -0.39 is 250 Å². The standard InChI is InChI=1S/C63H85NO35S/c1-16-100-63-57(95-58(78)39-20-18-17-19-21-39)50(44(77)40(94-63)22-79-28(5)66)98-59-43(64-27(4)65)49(97-60-54(90-37(14)75)51(87-34(11)72)45(25(2)82-60)84-31(8)69)47(41(92-59)23-80-29(6)67)96-62-56(53(89-36(13)74)48(86-33(10)71)42(93-62)24-81-30(7)68)99-61-55(91-38(15)76)52(88-35(12)73)46(26(3)83-61)85-32(9)70/h17-21,25-26,40-57,59-63,77H,16,22-24H2,1-15H3,(H,64,65)/t25?,26?,40?,41?,42?,43?,44?,45?,46-,47?,48?,49+,50-,51-,52?,53-,54?,55+,56?,57?,59-,60-,61?,62-,63-/m0/s1. The predicted molar refractivity (Wildman–Crippen MR) is 326 cm³/mol. The molecule has 5 aliphatic heterocycles. The molecular formula is C63H85NO35S. The lowest BCUT2D eigenvalue weighted by atomic mass is 9.93. The van der Waals surface area contributed by atoms with Crippen molar-refractivity contribution in [3.63, 3.8) is 0 Å². The van der Waals surface area contributed by atoms with E-state index in [9.17, 15) is 67.4 Å². The van der Waals surface area contributed by atoms with Gasteiger partial charge in [-0.25, -0.2) is 4.79 Å². The van der Waals surface area contributed by atoms with Gasteiger partial charge < -0.3 is 110 Å². The summed E-state index contributed by atoms with van der Waals surface area (Å²) in [6.07, 6.45) is -43.2. The Hall–Kier alpha value is -7.72. The molecule has 5 heterocycles. The van der Waals surface area contributed by atoms with Gasteiger partial charge in [-0.15, -0.1) is 11.8 Å². The Bertz CT molecular complexity index is 3060. The SMILES string of the molecule is CCS[C@@H]1OC(COC(C)=O)C(O)[C@H](O[C@@H]2OC(COC(C)=O)C(O[C@@H]3OC(COC(C)=O)C(OC(C)=O)[C@H](OC(C)=O)C3OC3OC(C)[C@H](OC(C)=O)C(OC(C)=O)[C@H]3OC(C)=O)[C@H](O[C@@H]3OC(C)C(OC(C)=O)[C@H](OC(C)=O)C3OC(C)=O)C2NC(C)=O)C1OC(=O)c1ccccc1. The number of thioether (sulfide) groups is 1. The van der Waals surface area contributed by atoms with Gasteiger partial charge in [-0.05, 0) is 31.7 Å². The smallest absolute Gasteiger partial charge is 0.338 e. The second-order valence-corrected chi connectivity index (χ2v) is 24.7. The van der Waals surface area contributed by atoms with Crippen molar-refractivity contribution in [1.82, 2.24) is 5.32 Å². The maximum absolute atomic E-state index is 14.2. The second kappa shape index (κ2) is 37.3. The number of aliphatic hydroxyl groups is 1. The molecule has 0 aromatic heterocycles. The number of ether oxygens (including phenoxy) is 21. The van der Waals surface area contributed by atoms with Gasteiger partial charge in [-0.3, -0.25) is 57.5 Å². The lowest BCUT2D eigenvalue weighted by Gasteiger charge is -2.53. The minimum absolute atomic E-state index is 0.0179. The number of benzene rings is 1. The number of nitrogens with one attached hydrogen (secondary N) is 1. The van der Waals surface area contributed by atoms with Crippen molar-refractivity contribution >= 4 is 89.3 Å². The van der Waals surface area contributed by atoms with Crippen molar-refractivity contribution in [2.75, 3.05) is 25.6 Å². The summed E-state index contributed by atoms with van der Waals surface area (Å²) in [5.74, 6) is -12.6. The number of hydrogen-bond donors (Lipinski definition) is 2. The van der Waals surface area contributed by atoms with E-state index in [4.69, 9.17) is 99.5 Å². The highest BCUT2D eigenvalue weighted by molar-refractivity contribution is 7.99. The highest BCUT2D eigenvalue weighted by Crippen LogP contribution is 2.42. The summed E-state index contributed by atoms with van der Waals surface area (Å²) in [6, 6.07) is 5.58. The van der Waals surface area contributed by atoms with Crippen LogP contribution in [-0.4, -0.2) is 261 Å². The van der Waals surface area contributed by atoms with Crippen molar-refractivity contribution in [3.05, 3.63) is 35.9 Å². The third-order valence-electron chi connectivity index (χ3n) is 15.2. The maximum atomic E-state index is 14.2. The summed E-state index contributed by atoms with van der Waals surface area (Å²) >= 11 is 1.06. The molecule has 37 heteroatoms. The van der Waals surface area contributed by atoms with Crippen molar-refractivity contribution in [1.29, 1.82) is 0 Å². The summed E-state index contributed by atoms with van der Waals surface area (Å²) in [6.45, 7) is 13.8. The average molecular weight is 1450 g/mol. The van der Waals surface area contributed by atoms with E-state index in [0.717, 1.165) is 94.8 Å². The first-order valence-electron chi connectivity index (χ1n) is 31.6. The summed E-state index contributed by atoms with van der Waals surface area (Å²) in [4.78, 5) is 171. The largest absolute Gasteiger partial charge is 0.463 e. The van der Waals surface area contributed by atoms with Crippen molar-refractivity contribution in [2.45, 2.75) is 256 Å². The molecule has 558 valence electrons. The van der Waals surface area contributed by atoms with E-state index in [0.29, 0.717) is 0 Å². The molecule has 25 atom stereocenters. The highest BCUT2D eigenvalue weighted by Gasteiger charge is 2.62. The van der Waals surface area contributed by atoms with Crippen LogP contribution in [0.1, 0.15) is 114 Å². The number of amides is 1. The molecule has 1 aromatic carbocycles. The average Bonchev–Trinajstić information content (AvgIpc) is 0.755. The van der Waals surface area contributed by atoms with Crippen molar-refractivity contribution in [3.8, 4) is 0 Å². The molecule has 15 unspecified atom stereocenters. The minimum Gasteiger partial charge on any atom is -0.463 e. The molecule has 0 aliphatic carbocycles. The van der Waals surface area contributed by atoms with Crippen LogP contribution in [0.3, 0.4) is 0 Å². The van der Waals surface area contributed by atoms with Crippen molar-refractivity contribution in [2.24, 2.45) is 0 Å². The second-order valence-electron chi connectivity index (χ2n) is 23.4. The topological polar surface area (TPSA) is 448 Å². The van der Waals surface area contributed by atoms with E-state index in [1.807, 2.05) is 0 Å². The first-order chi connectivity index (χ1) is 47.1. The number of rotatable bonds is 27. The quantitative estimate of drug-likeness (QED) is 0.0876. The molecule has 0 saturated carbocycles. The monoisotopic (exact) mass is 1450 g/mol. The van der Waals surface area contributed by atoms with Crippen LogP contribution >= 0.6 is 11.8 Å². The third-order valence-corrected chi connectivity index (χ3v) is 16.2. The number of aliphatic hydroxyl groups excluding tert-OH is 1. The van der Waals surface area contributed by atoms with Crippen LogP contribution in [0.2, 0.25) is 0 Å². The van der Waals surface area contributed by atoms with E-state index in [1.165, 1.54) is 26.0 Å². The first-order valence-corrected chi connectivity index (χ1v) is 32.6. The fourth-order valence-electron chi connectivity index (χ4n) is 11.5. The molecule has 1 aromatic rings. The molecule has 5 saturated heterocycles. The lowest BCUT2D eigenvalue weighted by Crippen LogP contribution is -2.72. The Morgan fingerprint density at radius 1 is 0.380 bits per heavy atom.